The maximum absolute atomic E-state index is 13.7. The van der Waals surface area contributed by atoms with E-state index in [4.69, 9.17) is 11.6 Å². The lowest BCUT2D eigenvalue weighted by molar-refractivity contribution is -0.115. The topological polar surface area (TPSA) is 46.9 Å². The number of amides is 1. The Hall–Kier alpha value is -1.88. The van der Waals surface area contributed by atoms with Gasteiger partial charge in [0.1, 0.15) is 5.82 Å². The second-order valence-corrected chi connectivity index (χ2v) is 6.51. The third-order valence-corrected chi connectivity index (χ3v) is 3.85. The molecule has 0 spiro atoms. The van der Waals surface area contributed by atoms with Gasteiger partial charge in [0.15, 0.2) is 0 Å². The van der Waals surface area contributed by atoms with E-state index in [9.17, 15) is 9.18 Å². The highest BCUT2D eigenvalue weighted by Gasteiger charge is 2.16. The van der Waals surface area contributed by atoms with Gasteiger partial charge in [-0.05, 0) is 38.0 Å². The van der Waals surface area contributed by atoms with Gasteiger partial charge in [-0.1, -0.05) is 25.4 Å². The van der Waals surface area contributed by atoms with Crippen LogP contribution in [-0.2, 0) is 17.8 Å². The van der Waals surface area contributed by atoms with E-state index in [-0.39, 0.29) is 18.0 Å². The van der Waals surface area contributed by atoms with Gasteiger partial charge in [-0.25, -0.2) is 4.39 Å². The van der Waals surface area contributed by atoms with Crippen molar-refractivity contribution in [2.24, 2.45) is 5.92 Å². The van der Waals surface area contributed by atoms with Crippen molar-refractivity contribution in [3.63, 3.8) is 0 Å². The molecule has 6 heteroatoms. The first-order valence-electron chi connectivity index (χ1n) is 7.55. The Morgan fingerprint density at radius 3 is 2.70 bits per heavy atom. The molecular formula is C17H21ClFN3O. The number of nitrogens with zero attached hydrogens (tertiary/aromatic N) is 2. The summed E-state index contributed by atoms with van der Waals surface area (Å²) >= 11 is 5.71. The van der Waals surface area contributed by atoms with E-state index in [2.05, 4.69) is 24.3 Å². The lowest BCUT2D eigenvalue weighted by Gasteiger charge is -2.09. The third-order valence-electron chi connectivity index (χ3n) is 3.61. The van der Waals surface area contributed by atoms with Crippen LogP contribution < -0.4 is 5.32 Å². The number of nitrogens with one attached hydrogen (secondary N) is 1. The van der Waals surface area contributed by atoms with Gasteiger partial charge in [0.2, 0.25) is 5.91 Å². The van der Waals surface area contributed by atoms with Gasteiger partial charge < -0.3 is 5.32 Å². The Bertz CT molecular complexity index is 725. The number of rotatable bonds is 5. The Labute approximate surface area is 140 Å². The molecule has 2 aromatic rings. The number of benzene rings is 1. The predicted octanol–water partition coefficient (Wildman–Crippen LogP) is 4.13. The normalized spacial score (nSPS) is 11.1. The molecule has 23 heavy (non-hydrogen) atoms. The van der Waals surface area contributed by atoms with Gasteiger partial charge >= 0.3 is 0 Å². The Morgan fingerprint density at radius 1 is 1.39 bits per heavy atom. The number of halogens is 2. The quantitative estimate of drug-likeness (QED) is 0.891. The van der Waals surface area contributed by atoms with E-state index in [1.54, 1.807) is 0 Å². The van der Waals surface area contributed by atoms with Crippen molar-refractivity contribution >= 4 is 23.2 Å². The van der Waals surface area contributed by atoms with Crippen LogP contribution in [-0.4, -0.2) is 15.7 Å². The Kier molecular flexibility index (Phi) is 5.42. The average molecular weight is 338 g/mol. The number of hydrogen-bond donors (Lipinski definition) is 1. The van der Waals surface area contributed by atoms with Crippen LogP contribution in [0.2, 0.25) is 5.02 Å². The van der Waals surface area contributed by atoms with Crippen LogP contribution in [0.15, 0.2) is 18.2 Å². The second kappa shape index (κ2) is 7.13. The highest BCUT2D eigenvalue weighted by molar-refractivity contribution is 6.30. The minimum absolute atomic E-state index is 0.129. The van der Waals surface area contributed by atoms with Gasteiger partial charge in [-0.2, -0.15) is 5.10 Å². The summed E-state index contributed by atoms with van der Waals surface area (Å²) in [5.74, 6) is -0.353. The van der Waals surface area contributed by atoms with E-state index >= 15 is 0 Å². The van der Waals surface area contributed by atoms with E-state index < -0.39 is 5.82 Å². The number of anilines is 1. The molecule has 0 saturated heterocycles. The standard InChI is InChI=1S/C17H21ClFN3O/c1-10(2)9-22-12(4)14(11(3)21-22)8-17(23)20-16-6-5-13(18)7-15(16)19/h5-7,10H,8-9H2,1-4H3,(H,20,23). The Balaban J connectivity index is 2.12. The molecular weight excluding hydrogens is 317 g/mol. The number of carbonyl (C=O) groups is 1. The highest BCUT2D eigenvalue weighted by Crippen LogP contribution is 2.20. The molecule has 0 aliphatic carbocycles. The van der Waals surface area contributed by atoms with Crippen molar-refractivity contribution in [3.05, 3.63) is 46.0 Å². The molecule has 4 nitrogen and oxygen atoms in total. The van der Waals surface area contributed by atoms with Crippen LogP contribution in [0.25, 0.3) is 0 Å². The minimum Gasteiger partial charge on any atom is -0.323 e. The fourth-order valence-corrected chi connectivity index (χ4v) is 2.62. The predicted molar refractivity (Wildman–Crippen MR) is 90.3 cm³/mol. The average Bonchev–Trinajstić information content (AvgIpc) is 2.69. The summed E-state index contributed by atoms with van der Waals surface area (Å²) in [5.41, 5.74) is 2.82. The van der Waals surface area contributed by atoms with Crippen molar-refractivity contribution in [1.29, 1.82) is 0 Å². The summed E-state index contributed by atoms with van der Waals surface area (Å²) in [5, 5.41) is 7.36. The van der Waals surface area contributed by atoms with E-state index in [0.29, 0.717) is 10.9 Å². The molecule has 0 saturated carbocycles. The molecule has 0 unspecified atom stereocenters. The first-order valence-corrected chi connectivity index (χ1v) is 7.93. The summed E-state index contributed by atoms with van der Waals surface area (Å²) in [6.07, 6.45) is 0.165. The van der Waals surface area contributed by atoms with Crippen molar-refractivity contribution < 1.29 is 9.18 Å². The van der Waals surface area contributed by atoms with Crippen LogP contribution in [0.3, 0.4) is 0 Å². The highest BCUT2D eigenvalue weighted by atomic mass is 35.5. The van der Waals surface area contributed by atoms with E-state index in [1.807, 2.05) is 18.5 Å². The van der Waals surface area contributed by atoms with Crippen LogP contribution in [0.4, 0.5) is 10.1 Å². The van der Waals surface area contributed by atoms with Crippen LogP contribution in [0, 0.1) is 25.6 Å². The van der Waals surface area contributed by atoms with Crippen molar-refractivity contribution in [2.45, 2.75) is 40.7 Å². The first-order chi connectivity index (χ1) is 10.8. The van der Waals surface area contributed by atoms with Crippen molar-refractivity contribution in [1.82, 2.24) is 9.78 Å². The molecule has 0 radical (unpaired) electrons. The molecule has 1 amide bonds. The maximum atomic E-state index is 13.7. The summed E-state index contributed by atoms with van der Waals surface area (Å²) in [6.45, 7) is 8.88. The zero-order valence-corrected chi connectivity index (χ0v) is 14.5. The molecule has 1 heterocycles. The van der Waals surface area contributed by atoms with Gasteiger partial charge in [-0.3, -0.25) is 9.48 Å². The van der Waals surface area contributed by atoms with Crippen molar-refractivity contribution in [3.8, 4) is 0 Å². The van der Waals surface area contributed by atoms with E-state index in [0.717, 1.165) is 23.5 Å². The molecule has 1 aromatic heterocycles. The third kappa shape index (κ3) is 4.32. The van der Waals surface area contributed by atoms with Crippen molar-refractivity contribution in [2.75, 3.05) is 5.32 Å². The van der Waals surface area contributed by atoms with Crippen LogP contribution in [0.1, 0.15) is 30.8 Å². The minimum atomic E-state index is -0.546. The summed E-state index contributed by atoms with van der Waals surface area (Å²) in [7, 11) is 0. The van der Waals surface area contributed by atoms with Gasteiger partial charge in [0, 0.05) is 22.8 Å². The summed E-state index contributed by atoms with van der Waals surface area (Å²) < 4.78 is 15.7. The van der Waals surface area contributed by atoms with Crippen LogP contribution >= 0.6 is 11.6 Å². The van der Waals surface area contributed by atoms with Gasteiger partial charge in [-0.15, -0.1) is 0 Å². The summed E-state index contributed by atoms with van der Waals surface area (Å²) in [6, 6.07) is 4.17. The largest absolute Gasteiger partial charge is 0.323 e. The molecule has 0 aliphatic heterocycles. The maximum Gasteiger partial charge on any atom is 0.229 e. The monoisotopic (exact) mass is 337 g/mol. The molecule has 1 aromatic carbocycles. The first kappa shape index (κ1) is 17.5. The molecule has 0 fully saturated rings. The van der Waals surface area contributed by atoms with Gasteiger partial charge in [0.25, 0.3) is 0 Å². The molecule has 0 aliphatic rings. The zero-order chi connectivity index (χ0) is 17.1. The van der Waals surface area contributed by atoms with Gasteiger partial charge in [0.05, 0.1) is 17.8 Å². The fraction of sp³-hybridized carbons (Fsp3) is 0.412. The molecule has 124 valence electrons. The number of carbonyl (C=O) groups excluding carboxylic acids is 1. The molecule has 0 atom stereocenters. The zero-order valence-electron chi connectivity index (χ0n) is 13.8. The van der Waals surface area contributed by atoms with Crippen LogP contribution in [0.5, 0.6) is 0 Å². The fourth-order valence-electron chi connectivity index (χ4n) is 2.46. The molecule has 2 rings (SSSR count). The lowest BCUT2D eigenvalue weighted by Crippen LogP contribution is -2.16. The number of aryl methyl sites for hydroxylation is 1. The molecule has 0 bridgehead atoms. The molecule has 1 N–H and O–H groups in total. The second-order valence-electron chi connectivity index (χ2n) is 6.07. The summed E-state index contributed by atoms with van der Waals surface area (Å²) in [4.78, 5) is 12.2. The smallest absolute Gasteiger partial charge is 0.229 e. The number of aromatic nitrogens is 2. The van der Waals surface area contributed by atoms with E-state index in [1.165, 1.54) is 18.2 Å². The SMILES string of the molecule is Cc1nn(CC(C)C)c(C)c1CC(=O)Nc1ccc(Cl)cc1F. The Morgan fingerprint density at radius 2 is 2.09 bits per heavy atom. The lowest BCUT2D eigenvalue weighted by atomic mass is 10.1. The number of hydrogen-bond acceptors (Lipinski definition) is 2.